The van der Waals surface area contributed by atoms with Gasteiger partial charge in [0.05, 0.1) is 17.5 Å². The third-order valence-corrected chi connectivity index (χ3v) is 3.39. The second-order valence-corrected chi connectivity index (χ2v) is 4.84. The van der Waals surface area contributed by atoms with E-state index in [1.165, 1.54) is 0 Å². The molecule has 110 valence electrons. The minimum Gasteiger partial charge on any atom is -0.426 e. The Bertz CT molecular complexity index is 704. The molecule has 0 unspecified atom stereocenters. The van der Waals surface area contributed by atoms with E-state index in [1.54, 1.807) is 48.5 Å². The average molecular weight is 295 g/mol. The Morgan fingerprint density at radius 3 is 2.00 bits per heavy atom. The molecule has 0 radical (unpaired) electrons. The summed E-state index contributed by atoms with van der Waals surface area (Å²) in [7, 11) is 0. The van der Waals surface area contributed by atoms with Crippen molar-refractivity contribution in [2.45, 2.75) is 6.42 Å². The molecule has 0 saturated carbocycles. The molecule has 0 saturated heterocycles. The van der Waals surface area contributed by atoms with Crippen LogP contribution in [0.15, 0.2) is 54.6 Å². The van der Waals surface area contributed by atoms with Crippen LogP contribution in [0.1, 0.15) is 27.1 Å². The monoisotopic (exact) mass is 295 g/mol. The Balaban J connectivity index is 1.62. The summed E-state index contributed by atoms with van der Waals surface area (Å²) in [5.74, 6) is -0.779. The third-order valence-electron chi connectivity index (χ3n) is 3.39. The van der Waals surface area contributed by atoms with Gasteiger partial charge >= 0.3 is 5.97 Å². The van der Waals surface area contributed by atoms with E-state index in [9.17, 15) is 14.4 Å². The predicted octanol–water partition coefficient (Wildman–Crippen LogP) is 2.28. The largest absolute Gasteiger partial charge is 0.426 e. The first-order valence-corrected chi connectivity index (χ1v) is 6.88. The number of amides is 2. The van der Waals surface area contributed by atoms with Gasteiger partial charge < -0.3 is 4.74 Å². The standard InChI is InChI=1S/C17H13NO4/c19-15(22-12-6-2-1-3-7-12)10-11-18-16(20)13-8-4-5-9-14(13)17(18)21/h1-9H,10-11H2. The molecule has 0 aromatic heterocycles. The van der Waals surface area contributed by atoms with Crippen molar-refractivity contribution in [3.05, 3.63) is 65.7 Å². The van der Waals surface area contributed by atoms with Crippen molar-refractivity contribution in [1.82, 2.24) is 4.90 Å². The van der Waals surface area contributed by atoms with Gasteiger partial charge in [0.1, 0.15) is 5.75 Å². The van der Waals surface area contributed by atoms with Crippen LogP contribution in [0.5, 0.6) is 5.75 Å². The van der Waals surface area contributed by atoms with Crippen molar-refractivity contribution in [1.29, 1.82) is 0 Å². The number of esters is 1. The molecule has 2 aromatic rings. The summed E-state index contributed by atoms with van der Waals surface area (Å²) < 4.78 is 5.13. The molecule has 5 nitrogen and oxygen atoms in total. The van der Waals surface area contributed by atoms with Gasteiger partial charge in [-0.05, 0) is 24.3 Å². The Morgan fingerprint density at radius 2 is 1.41 bits per heavy atom. The van der Waals surface area contributed by atoms with Crippen LogP contribution in [-0.2, 0) is 4.79 Å². The van der Waals surface area contributed by atoms with Crippen molar-refractivity contribution in [3.8, 4) is 5.75 Å². The summed E-state index contributed by atoms with van der Waals surface area (Å²) in [6, 6.07) is 15.3. The first-order valence-electron chi connectivity index (χ1n) is 6.88. The lowest BCUT2D eigenvalue weighted by molar-refractivity contribution is -0.134. The van der Waals surface area contributed by atoms with Gasteiger partial charge in [0.2, 0.25) is 0 Å². The SMILES string of the molecule is O=C(CCN1C(=O)c2ccccc2C1=O)Oc1ccccc1. The molecular formula is C17H13NO4. The van der Waals surface area contributed by atoms with E-state index in [-0.39, 0.29) is 24.8 Å². The molecule has 0 atom stereocenters. The third kappa shape index (κ3) is 2.61. The normalized spacial score (nSPS) is 13.2. The molecule has 0 spiro atoms. The van der Waals surface area contributed by atoms with E-state index >= 15 is 0 Å². The molecule has 0 N–H and O–H groups in total. The number of ether oxygens (including phenoxy) is 1. The second-order valence-electron chi connectivity index (χ2n) is 4.84. The molecule has 5 heteroatoms. The number of nitrogens with zero attached hydrogens (tertiary/aromatic N) is 1. The number of para-hydroxylation sites is 1. The number of carbonyl (C=O) groups is 3. The minimum absolute atomic E-state index is 0.0119. The smallest absolute Gasteiger partial charge is 0.312 e. The van der Waals surface area contributed by atoms with Crippen molar-refractivity contribution in [2.75, 3.05) is 6.54 Å². The minimum atomic E-state index is -0.484. The van der Waals surface area contributed by atoms with Crippen molar-refractivity contribution in [3.63, 3.8) is 0 Å². The zero-order valence-corrected chi connectivity index (χ0v) is 11.7. The summed E-state index contributed by atoms with van der Waals surface area (Å²) in [5, 5.41) is 0. The molecule has 0 bridgehead atoms. The lowest BCUT2D eigenvalue weighted by Gasteiger charge is -2.13. The van der Waals surface area contributed by atoms with Crippen molar-refractivity contribution >= 4 is 17.8 Å². The molecule has 22 heavy (non-hydrogen) atoms. The number of carbonyl (C=O) groups excluding carboxylic acids is 3. The number of hydrogen-bond acceptors (Lipinski definition) is 4. The van der Waals surface area contributed by atoms with E-state index < -0.39 is 5.97 Å². The van der Waals surface area contributed by atoms with Crippen molar-refractivity contribution in [2.24, 2.45) is 0 Å². The quantitative estimate of drug-likeness (QED) is 0.493. The van der Waals surface area contributed by atoms with E-state index in [1.807, 2.05) is 6.07 Å². The molecule has 0 fully saturated rings. The van der Waals surface area contributed by atoms with Gasteiger partial charge in [0, 0.05) is 6.54 Å². The van der Waals surface area contributed by atoms with Crippen LogP contribution in [0, 0.1) is 0 Å². The Hall–Kier alpha value is -2.95. The fraction of sp³-hybridized carbons (Fsp3) is 0.118. The summed E-state index contributed by atoms with van der Waals surface area (Å²) in [6.45, 7) is 0.0119. The number of imide groups is 1. The lowest BCUT2D eigenvalue weighted by atomic mass is 10.1. The van der Waals surface area contributed by atoms with Gasteiger partial charge in [-0.25, -0.2) is 0 Å². The van der Waals surface area contributed by atoms with E-state index in [2.05, 4.69) is 0 Å². The molecule has 1 aliphatic heterocycles. The van der Waals surface area contributed by atoms with Crippen LogP contribution in [-0.4, -0.2) is 29.2 Å². The summed E-state index contributed by atoms with van der Waals surface area (Å²) in [4.78, 5) is 37.1. The zero-order chi connectivity index (χ0) is 15.5. The highest BCUT2D eigenvalue weighted by molar-refractivity contribution is 6.21. The van der Waals surface area contributed by atoms with Crippen LogP contribution in [0.25, 0.3) is 0 Å². The highest BCUT2D eigenvalue weighted by Crippen LogP contribution is 2.22. The van der Waals surface area contributed by atoms with Crippen LogP contribution < -0.4 is 4.74 Å². The number of hydrogen-bond donors (Lipinski definition) is 0. The van der Waals surface area contributed by atoms with Crippen LogP contribution in [0.3, 0.4) is 0 Å². The van der Waals surface area contributed by atoms with Gasteiger partial charge in [-0.15, -0.1) is 0 Å². The maximum absolute atomic E-state index is 12.1. The molecule has 2 amide bonds. The predicted molar refractivity (Wildman–Crippen MR) is 78.5 cm³/mol. The first-order chi connectivity index (χ1) is 10.7. The number of benzene rings is 2. The fourth-order valence-electron chi connectivity index (χ4n) is 2.32. The molecule has 1 aliphatic rings. The summed E-state index contributed by atoms with van der Waals surface area (Å²) >= 11 is 0. The lowest BCUT2D eigenvalue weighted by Crippen LogP contribution is -2.32. The van der Waals surface area contributed by atoms with Gasteiger partial charge in [-0.1, -0.05) is 30.3 Å². The van der Waals surface area contributed by atoms with Gasteiger partial charge in [-0.3, -0.25) is 19.3 Å². The Labute approximate surface area is 127 Å². The maximum Gasteiger partial charge on any atom is 0.312 e. The summed E-state index contributed by atoms with van der Waals surface area (Å²) in [6.07, 6.45) is -0.0413. The Morgan fingerprint density at radius 1 is 0.864 bits per heavy atom. The zero-order valence-electron chi connectivity index (χ0n) is 11.7. The number of fused-ring (bicyclic) bond motifs is 1. The van der Waals surface area contributed by atoms with E-state index in [0.29, 0.717) is 16.9 Å². The summed E-state index contributed by atoms with van der Waals surface area (Å²) in [5.41, 5.74) is 0.757. The highest BCUT2D eigenvalue weighted by Gasteiger charge is 2.35. The topological polar surface area (TPSA) is 63.7 Å². The van der Waals surface area contributed by atoms with E-state index in [0.717, 1.165) is 4.90 Å². The Kier molecular flexibility index (Phi) is 3.70. The highest BCUT2D eigenvalue weighted by atomic mass is 16.5. The van der Waals surface area contributed by atoms with Gasteiger partial charge in [0.15, 0.2) is 0 Å². The van der Waals surface area contributed by atoms with Crippen molar-refractivity contribution < 1.29 is 19.1 Å². The first kappa shape index (κ1) is 14.0. The van der Waals surface area contributed by atoms with Gasteiger partial charge in [-0.2, -0.15) is 0 Å². The van der Waals surface area contributed by atoms with E-state index in [4.69, 9.17) is 4.74 Å². The molecular weight excluding hydrogens is 282 g/mol. The second kappa shape index (κ2) is 5.81. The number of rotatable bonds is 4. The molecule has 1 heterocycles. The molecule has 0 aliphatic carbocycles. The maximum atomic E-state index is 12.1. The van der Waals surface area contributed by atoms with Crippen LogP contribution in [0.4, 0.5) is 0 Å². The fourth-order valence-corrected chi connectivity index (χ4v) is 2.32. The average Bonchev–Trinajstić information content (AvgIpc) is 2.78. The van der Waals surface area contributed by atoms with Crippen LogP contribution in [0.2, 0.25) is 0 Å². The van der Waals surface area contributed by atoms with Crippen LogP contribution >= 0.6 is 0 Å². The molecule has 2 aromatic carbocycles. The van der Waals surface area contributed by atoms with Gasteiger partial charge in [0.25, 0.3) is 11.8 Å². The molecule has 3 rings (SSSR count).